The van der Waals surface area contributed by atoms with Crippen LogP contribution in [0, 0.1) is 5.92 Å². The van der Waals surface area contributed by atoms with Crippen LogP contribution in [0.15, 0.2) is 108 Å². The fraction of sp³-hybridized carbons (Fsp3) is 0.263. The first-order chi connectivity index (χ1) is 22.3. The molecule has 1 amide bonds. The van der Waals surface area contributed by atoms with Crippen LogP contribution in [0.5, 0.6) is 0 Å². The van der Waals surface area contributed by atoms with E-state index in [1.54, 1.807) is 0 Å². The van der Waals surface area contributed by atoms with E-state index in [9.17, 15) is 14.7 Å². The van der Waals surface area contributed by atoms with Crippen molar-refractivity contribution >= 4 is 17.6 Å². The standard InChI is InChI=1S/C38H40N4O4/c1-4-11-35-40-41-37(46-35)34(39-33-17-9-8-16-32(33)36(43)30-13-6-5-7-14-30)23-27-18-20-29(21-19-27)31-15-10-12-28(22-31)25-42(38(44)45)24-26(2)3/h5-10,12-22,26,34,39H,4,11,23-25H2,1-3H3,(H,44,45)/t34-/m0/s1. The van der Waals surface area contributed by atoms with Crippen molar-refractivity contribution in [2.75, 3.05) is 11.9 Å². The zero-order chi connectivity index (χ0) is 32.5. The number of benzene rings is 4. The number of para-hydroxylation sites is 1. The van der Waals surface area contributed by atoms with Crippen LogP contribution >= 0.6 is 0 Å². The lowest BCUT2D eigenvalue weighted by atomic mass is 9.98. The van der Waals surface area contributed by atoms with Crippen molar-refractivity contribution in [2.24, 2.45) is 5.92 Å². The molecule has 0 spiro atoms. The van der Waals surface area contributed by atoms with Crippen LogP contribution in [0.2, 0.25) is 0 Å². The van der Waals surface area contributed by atoms with Gasteiger partial charge in [-0.1, -0.05) is 106 Å². The molecule has 8 heteroatoms. The highest BCUT2D eigenvalue weighted by atomic mass is 16.4. The van der Waals surface area contributed by atoms with Crippen LogP contribution in [-0.4, -0.2) is 38.6 Å². The molecule has 2 N–H and O–H groups in total. The molecule has 0 unspecified atom stereocenters. The molecule has 0 fully saturated rings. The molecule has 5 aromatic rings. The smallest absolute Gasteiger partial charge is 0.407 e. The van der Waals surface area contributed by atoms with Crippen LogP contribution < -0.4 is 5.32 Å². The second-order valence-electron chi connectivity index (χ2n) is 11.9. The first-order valence-electron chi connectivity index (χ1n) is 15.7. The lowest BCUT2D eigenvalue weighted by molar-refractivity contribution is 0.103. The monoisotopic (exact) mass is 616 g/mol. The minimum atomic E-state index is -0.915. The first kappa shape index (κ1) is 32.2. The molecule has 0 aliphatic carbocycles. The summed E-state index contributed by atoms with van der Waals surface area (Å²) in [5, 5.41) is 21.8. The van der Waals surface area contributed by atoms with Crippen molar-refractivity contribution < 1.29 is 19.1 Å². The van der Waals surface area contributed by atoms with Crippen LogP contribution in [0.1, 0.15) is 72.1 Å². The van der Waals surface area contributed by atoms with E-state index in [4.69, 9.17) is 4.42 Å². The molecule has 0 saturated carbocycles. The van der Waals surface area contributed by atoms with Gasteiger partial charge >= 0.3 is 6.09 Å². The summed E-state index contributed by atoms with van der Waals surface area (Å²) in [4.78, 5) is 26.7. The Labute approximate surface area is 270 Å². The van der Waals surface area contributed by atoms with Crippen molar-refractivity contribution in [1.82, 2.24) is 15.1 Å². The van der Waals surface area contributed by atoms with Gasteiger partial charge in [-0.15, -0.1) is 10.2 Å². The maximum atomic E-state index is 13.4. The molecule has 0 aliphatic heterocycles. The van der Waals surface area contributed by atoms with Crippen molar-refractivity contribution in [3.8, 4) is 11.1 Å². The molecule has 5 rings (SSSR count). The third kappa shape index (κ3) is 8.27. The minimum Gasteiger partial charge on any atom is -0.465 e. The highest BCUT2D eigenvalue weighted by molar-refractivity contribution is 6.12. The Hall–Kier alpha value is -5.24. The Kier molecular flexibility index (Phi) is 10.6. The van der Waals surface area contributed by atoms with E-state index < -0.39 is 6.09 Å². The fourth-order valence-electron chi connectivity index (χ4n) is 5.45. The van der Waals surface area contributed by atoms with E-state index in [0.717, 1.165) is 28.7 Å². The van der Waals surface area contributed by atoms with Gasteiger partial charge in [-0.05, 0) is 52.8 Å². The Balaban J connectivity index is 1.38. The third-order valence-electron chi connectivity index (χ3n) is 7.67. The fourth-order valence-corrected chi connectivity index (χ4v) is 5.45. The number of hydrogen-bond acceptors (Lipinski definition) is 6. The van der Waals surface area contributed by atoms with Crippen molar-refractivity contribution in [3.63, 3.8) is 0 Å². The maximum absolute atomic E-state index is 13.4. The van der Waals surface area contributed by atoms with Gasteiger partial charge < -0.3 is 19.7 Å². The van der Waals surface area contributed by atoms with E-state index in [-0.39, 0.29) is 17.7 Å². The van der Waals surface area contributed by atoms with Gasteiger partial charge in [0.25, 0.3) is 0 Å². The predicted octanol–water partition coefficient (Wildman–Crippen LogP) is 8.45. The van der Waals surface area contributed by atoms with Gasteiger partial charge in [-0.25, -0.2) is 4.79 Å². The number of carbonyl (C=O) groups is 2. The number of carbonyl (C=O) groups excluding carboxylic acids is 1. The topological polar surface area (TPSA) is 109 Å². The summed E-state index contributed by atoms with van der Waals surface area (Å²) in [5.41, 5.74) is 5.91. The van der Waals surface area contributed by atoms with E-state index in [1.165, 1.54) is 4.90 Å². The van der Waals surface area contributed by atoms with E-state index in [1.807, 2.05) is 92.7 Å². The number of amides is 1. The zero-order valence-corrected chi connectivity index (χ0v) is 26.5. The molecule has 236 valence electrons. The molecule has 8 nitrogen and oxygen atoms in total. The van der Waals surface area contributed by atoms with Gasteiger partial charge in [-0.3, -0.25) is 4.79 Å². The average molecular weight is 617 g/mol. The second-order valence-corrected chi connectivity index (χ2v) is 11.9. The number of carboxylic acid groups (broad SMARTS) is 1. The summed E-state index contributed by atoms with van der Waals surface area (Å²) in [6.45, 7) is 6.91. The van der Waals surface area contributed by atoms with Gasteiger partial charge in [0.1, 0.15) is 6.04 Å². The lowest BCUT2D eigenvalue weighted by Gasteiger charge is -2.21. The molecule has 1 atom stereocenters. The van der Waals surface area contributed by atoms with Gasteiger partial charge in [0.15, 0.2) is 5.78 Å². The number of anilines is 1. The molecular weight excluding hydrogens is 576 g/mol. The van der Waals surface area contributed by atoms with Gasteiger partial charge in [0.2, 0.25) is 11.8 Å². The highest BCUT2D eigenvalue weighted by Gasteiger charge is 2.23. The number of ketones is 1. The number of hydrogen-bond donors (Lipinski definition) is 2. The minimum absolute atomic E-state index is 0.0677. The molecule has 0 bridgehead atoms. The van der Waals surface area contributed by atoms with Crippen LogP contribution in [0.4, 0.5) is 10.5 Å². The summed E-state index contributed by atoms with van der Waals surface area (Å²) < 4.78 is 6.08. The highest BCUT2D eigenvalue weighted by Crippen LogP contribution is 2.29. The summed E-state index contributed by atoms with van der Waals surface area (Å²) in [5.74, 6) is 1.23. The van der Waals surface area contributed by atoms with Gasteiger partial charge in [-0.2, -0.15) is 0 Å². The van der Waals surface area contributed by atoms with Gasteiger partial charge in [0.05, 0.1) is 0 Å². The summed E-state index contributed by atoms with van der Waals surface area (Å²) in [7, 11) is 0. The van der Waals surface area contributed by atoms with E-state index >= 15 is 0 Å². The number of nitrogens with one attached hydrogen (secondary N) is 1. The Morgan fingerprint density at radius 3 is 2.30 bits per heavy atom. The third-order valence-corrected chi connectivity index (χ3v) is 7.67. The molecular formula is C38H40N4O4. The number of rotatable bonds is 14. The predicted molar refractivity (Wildman–Crippen MR) is 180 cm³/mol. The van der Waals surface area contributed by atoms with E-state index in [2.05, 4.69) is 46.7 Å². The van der Waals surface area contributed by atoms with Crippen LogP contribution in [-0.2, 0) is 19.4 Å². The maximum Gasteiger partial charge on any atom is 0.407 e. The Bertz CT molecular complexity index is 1750. The van der Waals surface area contributed by atoms with Crippen molar-refractivity contribution in [1.29, 1.82) is 0 Å². The Morgan fingerprint density at radius 1 is 0.848 bits per heavy atom. The second kappa shape index (κ2) is 15.2. The molecule has 1 heterocycles. The van der Waals surface area contributed by atoms with Crippen molar-refractivity contribution in [2.45, 2.75) is 52.6 Å². The summed E-state index contributed by atoms with van der Waals surface area (Å²) in [6.07, 6.45) is 1.22. The zero-order valence-electron chi connectivity index (χ0n) is 26.5. The molecule has 0 radical (unpaired) electrons. The quantitative estimate of drug-likeness (QED) is 0.121. The normalized spacial score (nSPS) is 11.7. The molecule has 0 aliphatic rings. The molecule has 1 aromatic heterocycles. The number of aromatic nitrogens is 2. The van der Waals surface area contributed by atoms with Gasteiger partial charge in [0, 0.05) is 42.7 Å². The number of nitrogens with zero attached hydrogens (tertiary/aromatic N) is 3. The lowest BCUT2D eigenvalue weighted by Crippen LogP contribution is -2.32. The van der Waals surface area contributed by atoms with E-state index in [0.29, 0.717) is 54.5 Å². The van der Waals surface area contributed by atoms with Crippen LogP contribution in [0.3, 0.4) is 0 Å². The summed E-state index contributed by atoms with van der Waals surface area (Å²) >= 11 is 0. The molecule has 46 heavy (non-hydrogen) atoms. The molecule has 4 aromatic carbocycles. The molecule has 0 saturated heterocycles. The summed E-state index contributed by atoms with van der Waals surface area (Å²) in [6, 6.07) is 32.6. The Morgan fingerprint density at radius 2 is 1.59 bits per heavy atom. The first-order valence-corrected chi connectivity index (χ1v) is 15.7. The van der Waals surface area contributed by atoms with Crippen molar-refractivity contribution in [3.05, 3.63) is 137 Å². The largest absolute Gasteiger partial charge is 0.465 e. The van der Waals surface area contributed by atoms with Crippen LogP contribution in [0.25, 0.3) is 11.1 Å². The average Bonchev–Trinajstić information content (AvgIpc) is 3.53. The number of aryl methyl sites for hydroxylation is 1. The SMILES string of the molecule is CCCc1nnc([C@H](Cc2ccc(-c3cccc(CN(CC(C)C)C(=O)O)c3)cc2)Nc2ccccc2C(=O)c2ccccc2)o1.